The number of benzene rings is 2. The average Bonchev–Trinajstić information content (AvgIpc) is 2.60. The number of hydrogen-bond donors (Lipinski definition) is 3. The van der Waals surface area contributed by atoms with Crippen LogP contribution in [0.4, 0.5) is 11.4 Å². The molecule has 0 aliphatic carbocycles. The lowest BCUT2D eigenvalue weighted by Crippen LogP contribution is -2.21. The van der Waals surface area contributed by atoms with Gasteiger partial charge in [-0.2, -0.15) is 5.10 Å². The Kier molecular flexibility index (Phi) is 6.91. The minimum absolute atomic E-state index is 0.190. The average molecular weight is 375 g/mol. The molecule has 5 nitrogen and oxygen atoms in total. The number of hydrogen-bond acceptors (Lipinski definition) is 5. The summed E-state index contributed by atoms with van der Waals surface area (Å²) in [5, 5.41) is 8.45. The van der Waals surface area contributed by atoms with E-state index in [1.54, 1.807) is 18.2 Å². The molecule has 0 spiro atoms. The Morgan fingerprint density at radius 3 is 2.60 bits per heavy atom. The number of carbonyl (C=O) groups excluding carboxylic acids is 1. The van der Waals surface area contributed by atoms with Gasteiger partial charge in [-0.15, -0.1) is 0 Å². The normalized spacial score (nSPS) is 11.0. The third-order valence-electron chi connectivity index (χ3n) is 3.22. The molecular weight excluding hydrogens is 356 g/mol. The second-order valence-electron chi connectivity index (χ2n) is 5.16. The number of anilines is 2. The first-order chi connectivity index (χ1) is 12.0. The van der Waals surface area contributed by atoms with Crippen molar-refractivity contribution in [2.24, 2.45) is 5.10 Å². The molecule has 0 fully saturated rings. The van der Waals surface area contributed by atoms with Gasteiger partial charge in [0.05, 0.1) is 27.9 Å². The molecule has 0 saturated heterocycles. The van der Waals surface area contributed by atoms with Crippen molar-refractivity contribution in [3.05, 3.63) is 70.7 Å². The van der Waals surface area contributed by atoms with Crippen molar-refractivity contribution in [1.82, 2.24) is 5.43 Å². The Morgan fingerprint density at radius 2 is 1.92 bits per heavy atom. The number of halogens is 1. The number of nitrogens with zero attached hydrogens (tertiary/aromatic N) is 1. The predicted octanol–water partition coefficient (Wildman–Crippen LogP) is 4.08. The van der Waals surface area contributed by atoms with E-state index in [-0.39, 0.29) is 11.7 Å². The predicted molar refractivity (Wildman–Crippen MR) is 108 cm³/mol. The van der Waals surface area contributed by atoms with Crippen molar-refractivity contribution in [1.29, 1.82) is 0 Å². The van der Waals surface area contributed by atoms with E-state index in [0.717, 1.165) is 11.3 Å². The zero-order valence-corrected chi connectivity index (χ0v) is 15.3. The first-order valence-electron chi connectivity index (χ1n) is 7.48. The molecule has 0 bridgehead atoms. The quantitative estimate of drug-likeness (QED) is 0.387. The third kappa shape index (κ3) is 6.17. The van der Waals surface area contributed by atoms with Crippen LogP contribution >= 0.6 is 23.4 Å². The molecule has 0 aromatic heterocycles. The van der Waals surface area contributed by atoms with Gasteiger partial charge in [0.25, 0.3) is 0 Å². The van der Waals surface area contributed by atoms with Crippen LogP contribution in [0.25, 0.3) is 0 Å². The van der Waals surface area contributed by atoms with Crippen LogP contribution in [-0.2, 0) is 4.79 Å². The van der Waals surface area contributed by atoms with Crippen molar-refractivity contribution in [2.45, 2.75) is 6.92 Å². The number of para-hydroxylation sites is 2. The molecule has 0 radical (unpaired) electrons. The molecule has 0 saturated carbocycles. The van der Waals surface area contributed by atoms with Crippen LogP contribution in [0.2, 0.25) is 5.02 Å². The molecule has 1 amide bonds. The number of carbonyl (C=O) groups is 1. The summed E-state index contributed by atoms with van der Waals surface area (Å²) in [7, 11) is 0. The fraction of sp³-hybridized carbons (Fsp3) is 0.111. The van der Waals surface area contributed by atoms with E-state index in [0.29, 0.717) is 21.5 Å². The Labute approximate surface area is 156 Å². The van der Waals surface area contributed by atoms with Gasteiger partial charge in [-0.05, 0) is 36.8 Å². The zero-order chi connectivity index (χ0) is 18.2. The number of nitrogen functional groups attached to an aromatic ring is 1. The van der Waals surface area contributed by atoms with Gasteiger partial charge in [-0.1, -0.05) is 54.2 Å². The number of nitrogens with one attached hydrogen (secondary N) is 2. The number of nitrogens with two attached hydrogens (primary N) is 1. The molecule has 0 unspecified atom stereocenters. The standard InChI is InChI=1S/C18H19ClN4OS/c1-12(14-7-9-15(19)10-8-14)22-23-18(24)11-25-13(2)21-17-6-4-3-5-16(17)20/h3-10,21H,2,11,20H2,1H3,(H,23,24)/b22-12+. The summed E-state index contributed by atoms with van der Waals surface area (Å²) in [6.07, 6.45) is 0. The van der Waals surface area contributed by atoms with E-state index >= 15 is 0 Å². The van der Waals surface area contributed by atoms with Gasteiger partial charge in [0.1, 0.15) is 0 Å². The van der Waals surface area contributed by atoms with Crippen LogP contribution in [0.3, 0.4) is 0 Å². The maximum absolute atomic E-state index is 11.9. The van der Waals surface area contributed by atoms with Crippen LogP contribution < -0.4 is 16.5 Å². The first kappa shape index (κ1) is 18.9. The zero-order valence-electron chi connectivity index (χ0n) is 13.8. The van der Waals surface area contributed by atoms with Crippen LogP contribution in [-0.4, -0.2) is 17.4 Å². The van der Waals surface area contributed by atoms with Crippen molar-refractivity contribution in [3.63, 3.8) is 0 Å². The summed E-state index contributed by atoms with van der Waals surface area (Å²) in [5.41, 5.74) is 11.4. The Hall–Kier alpha value is -2.44. The number of thioether (sulfide) groups is 1. The highest BCUT2D eigenvalue weighted by Crippen LogP contribution is 2.22. The van der Waals surface area contributed by atoms with Gasteiger partial charge in [-0.25, -0.2) is 5.43 Å². The van der Waals surface area contributed by atoms with Gasteiger partial charge in [0.15, 0.2) is 0 Å². The lowest BCUT2D eigenvalue weighted by molar-refractivity contribution is -0.118. The van der Waals surface area contributed by atoms with Crippen LogP contribution in [0, 0.1) is 0 Å². The highest BCUT2D eigenvalue weighted by Gasteiger charge is 2.05. The van der Waals surface area contributed by atoms with Gasteiger partial charge in [0.2, 0.25) is 5.91 Å². The van der Waals surface area contributed by atoms with E-state index in [4.69, 9.17) is 17.3 Å². The summed E-state index contributed by atoms with van der Waals surface area (Å²) in [4.78, 5) is 11.9. The Balaban J connectivity index is 1.80. The van der Waals surface area contributed by atoms with Gasteiger partial charge in [-0.3, -0.25) is 4.79 Å². The summed E-state index contributed by atoms with van der Waals surface area (Å²) in [5.74, 6) is -0.0296. The molecule has 2 aromatic carbocycles. The van der Waals surface area contributed by atoms with E-state index in [1.807, 2.05) is 37.3 Å². The lowest BCUT2D eigenvalue weighted by atomic mass is 10.1. The second-order valence-corrected chi connectivity index (χ2v) is 6.67. The smallest absolute Gasteiger partial charge is 0.250 e. The largest absolute Gasteiger partial charge is 0.397 e. The van der Waals surface area contributed by atoms with E-state index in [2.05, 4.69) is 22.4 Å². The lowest BCUT2D eigenvalue weighted by Gasteiger charge is -2.10. The molecule has 7 heteroatoms. The van der Waals surface area contributed by atoms with Crippen molar-refractivity contribution >= 4 is 46.4 Å². The van der Waals surface area contributed by atoms with E-state index < -0.39 is 0 Å². The first-order valence-corrected chi connectivity index (χ1v) is 8.84. The highest BCUT2D eigenvalue weighted by atomic mass is 35.5. The Bertz CT molecular complexity index is 790. The topological polar surface area (TPSA) is 79.5 Å². The monoisotopic (exact) mass is 374 g/mol. The van der Waals surface area contributed by atoms with Crippen LogP contribution in [0.15, 0.2) is 65.2 Å². The summed E-state index contributed by atoms with van der Waals surface area (Å²) in [6.45, 7) is 5.70. The van der Waals surface area contributed by atoms with Crippen LogP contribution in [0.5, 0.6) is 0 Å². The molecule has 0 atom stereocenters. The maximum Gasteiger partial charge on any atom is 0.250 e. The number of rotatable bonds is 7. The second kappa shape index (κ2) is 9.15. The molecule has 4 N–H and O–H groups in total. The van der Waals surface area contributed by atoms with E-state index in [1.165, 1.54) is 11.8 Å². The minimum Gasteiger partial charge on any atom is -0.397 e. The third-order valence-corrected chi connectivity index (χ3v) is 4.33. The fourth-order valence-electron chi connectivity index (χ4n) is 1.88. The molecule has 25 heavy (non-hydrogen) atoms. The van der Waals surface area contributed by atoms with Gasteiger partial charge < -0.3 is 11.1 Å². The number of hydrazone groups is 1. The molecular formula is C18H19ClN4OS. The number of amides is 1. The molecule has 2 rings (SSSR count). The van der Waals surface area contributed by atoms with Crippen LogP contribution in [0.1, 0.15) is 12.5 Å². The Morgan fingerprint density at radius 1 is 1.24 bits per heavy atom. The summed E-state index contributed by atoms with van der Waals surface area (Å²) in [6, 6.07) is 14.6. The van der Waals surface area contributed by atoms with E-state index in [9.17, 15) is 4.79 Å². The molecule has 130 valence electrons. The molecule has 0 aliphatic heterocycles. The summed E-state index contributed by atoms with van der Waals surface area (Å²) < 4.78 is 0. The highest BCUT2D eigenvalue weighted by molar-refractivity contribution is 8.03. The van der Waals surface area contributed by atoms with Gasteiger partial charge in [0, 0.05) is 5.02 Å². The molecule has 2 aromatic rings. The SMILES string of the molecule is C=C(Nc1ccccc1N)SCC(=O)N/N=C(\C)c1ccc(Cl)cc1. The fourth-order valence-corrected chi connectivity index (χ4v) is 2.56. The summed E-state index contributed by atoms with van der Waals surface area (Å²) >= 11 is 7.13. The molecule has 0 heterocycles. The van der Waals surface area contributed by atoms with Crippen molar-refractivity contribution < 1.29 is 4.79 Å². The minimum atomic E-state index is -0.220. The van der Waals surface area contributed by atoms with Crippen molar-refractivity contribution in [3.8, 4) is 0 Å². The molecule has 0 aliphatic rings. The van der Waals surface area contributed by atoms with Crippen molar-refractivity contribution in [2.75, 3.05) is 16.8 Å². The van der Waals surface area contributed by atoms with Gasteiger partial charge >= 0.3 is 0 Å². The maximum atomic E-state index is 11.9.